The lowest BCUT2D eigenvalue weighted by atomic mass is 10.0. The number of amides is 1. The van der Waals surface area contributed by atoms with Crippen molar-refractivity contribution in [2.75, 3.05) is 5.32 Å². The van der Waals surface area contributed by atoms with Gasteiger partial charge >= 0.3 is 0 Å². The highest BCUT2D eigenvalue weighted by Gasteiger charge is 2.20. The fourth-order valence-corrected chi connectivity index (χ4v) is 2.77. The quantitative estimate of drug-likeness (QED) is 0.737. The highest BCUT2D eigenvalue weighted by atomic mass is 16.2. The van der Waals surface area contributed by atoms with Crippen LogP contribution >= 0.6 is 0 Å². The molecule has 1 amide bonds. The summed E-state index contributed by atoms with van der Waals surface area (Å²) in [5.41, 5.74) is 4.38. The monoisotopic (exact) mass is 318 g/mol. The normalized spacial score (nSPS) is 11.9. The predicted molar refractivity (Wildman–Crippen MR) is 98.2 cm³/mol. The first kappa shape index (κ1) is 16.1. The zero-order valence-electron chi connectivity index (χ0n) is 14.1. The van der Waals surface area contributed by atoms with Gasteiger partial charge in [-0.2, -0.15) is 0 Å². The smallest absolute Gasteiger partial charge is 0.247 e. The summed E-state index contributed by atoms with van der Waals surface area (Å²) in [4.78, 5) is 12.9. The minimum atomic E-state index is -0.274. The first-order valence-corrected chi connectivity index (χ1v) is 8.18. The number of benzene rings is 2. The van der Waals surface area contributed by atoms with E-state index in [1.54, 1.807) is 0 Å². The number of anilines is 1. The predicted octanol–water partition coefficient (Wildman–Crippen LogP) is 4.53. The summed E-state index contributed by atoms with van der Waals surface area (Å²) in [6.07, 6.45) is 4.54. The van der Waals surface area contributed by atoms with Crippen molar-refractivity contribution in [2.24, 2.45) is 0 Å². The zero-order chi connectivity index (χ0) is 16.9. The summed E-state index contributed by atoms with van der Waals surface area (Å²) in [7, 11) is 0. The van der Waals surface area contributed by atoms with E-state index >= 15 is 0 Å². The molecule has 122 valence electrons. The molecule has 0 bridgehead atoms. The average Bonchev–Trinajstić information content (AvgIpc) is 3.11. The molecule has 0 spiro atoms. The molecule has 3 rings (SSSR count). The topological polar surface area (TPSA) is 34.0 Å². The summed E-state index contributed by atoms with van der Waals surface area (Å²) < 4.78 is 1.96. The van der Waals surface area contributed by atoms with Crippen LogP contribution in [-0.2, 0) is 11.2 Å². The fourth-order valence-electron chi connectivity index (χ4n) is 2.77. The van der Waals surface area contributed by atoms with E-state index in [4.69, 9.17) is 0 Å². The maximum absolute atomic E-state index is 12.9. The summed E-state index contributed by atoms with van der Waals surface area (Å²) in [5.74, 6) is -0.00157. The van der Waals surface area contributed by atoms with Gasteiger partial charge in [0.15, 0.2) is 0 Å². The Labute approximate surface area is 143 Å². The molecular formula is C21H22N2O. The van der Waals surface area contributed by atoms with E-state index in [0.29, 0.717) is 6.42 Å². The molecule has 0 unspecified atom stereocenters. The Hall–Kier alpha value is -2.81. The average molecular weight is 318 g/mol. The van der Waals surface area contributed by atoms with Gasteiger partial charge in [0.1, 0.15) is 6.04 Å². The van der Waals surface area contributed by atoms with Gasteiger partial charge in [0.25, 0.3) is 0 Å². The van der Waals surface area contributed by atoms with E-state index in [1.165, 1.54) is 11.1 Å². The molecule has 1 N–H and O–H groups in total. The van der Waals surface area contributed by atoms with E-state index in [2.05, 4.69) is 31.3 Å². The molecule has 1 aromatic heterocycles. The Balaban J connectivity index is 1.82. The molecule has 1 heterocycles. The summed E-state index contributed by atoms with van der Waals surface area (Å²) in [6.45, 7) is 4.12. The molecule has 0 saturated heterocycles. The van der Waals surface area contributed by atoms with Crippen LogP contribution < -0.4 is 5.32 Å². The summed E-state index contributed by atoms with van der Waals surface area (Å²) >= 11 is 0. The molecule has 0 aliphatic carbocycles. The van der Waals surface area contributed by atoms with Gasteiger partial charge in [0.05, 0.1) is 0 Å². The molecule has 0 radical (unpaired) electrons. The number of aryl methyl sites for hydroxylation is 2. The van der Waals surface area contributed by atoms with Crippen molar-refractivity contribution in [1.29, 1.82) is 0 Å². The second-order valence-corrected chi connectivity index (χ2v) is 6.12. The number of nitrogens with zero attached hydrogens (tertiary/aromatic N) is 1. The Bertz CT molecular complexity index is 807. The molecule has 3 nitrogen and oxygen atoms in total. The SMILES string of the molecule is Cc1ccc(NC(=O)[C@@H](Cc2ccccc2)n2cccc2)cc1C. The second kappa shape index (κ2) is 7.18. The Morgan fingerprint density at radius 3 is 2.33 bits per heavy atom. The lowest BCUT2D eigenvalue weighted by molar-refractivity contribution is -0.119. The van der Waals surface area contributed by atoms with Crippen molar-refractivity contribution in [3.8, 4) is 0 Å². The van der Waals surface area contributed by atoms with Gasteiger partial charge in [-0.15, -0.1) is 0 Å². The van der Waals surface area contributed by atoms with Gasteiger partial charge in [0.2, 0.25) is 5.91 Å². The van der Waals surface area contributed by atoms with Gasteiger partial charge in [-0.1, -0.05) is 36.4 Å². The van der Waals surface area contributed by atoms with Gasteiger partial charge in [0, 0.05) is 24.5 Å². The van der Waals surface area contributed by atoms with Crippen LogP contribution in [0.25, 0.3) is 0 Å². The molecular weight excluding hydrogens is 296 g/mol. The first-order chi connectivity index (χ1) is 11.6. The number of nitrogens with one attached hydrogen (secondary N) is 1. The third kappa shape index (κ3) is 3.74. The van der Waals surface area contributed by atoms with Crippen LogP contribution in [0.3, 0.4) is 0 Å². The molecule has 2 aromatic carbocycles. The Morgan fingerprint density at radius 2 is 1.67 bits per heavy atom. The third-order valence-electron chi connectivity index (χ3n) is 4.34. The molecule has 0 saturated carbocycles. The molecule has 3 aromatic rings. The van der Waals surface area contributed by atoms with Crippen molar-refractivity contribution in [3.05, 3.63) is 89.7 Å². The molecule has 0 aliphatic heterocycles. The Kier molecular flexibility index (Phi) is 4.80. The highest BCUT2D eigenvalue weighted by Crippen LogP contribution is 2.19. The van der Waals surface area contributed by atoms with Gasteiger partial charge < -0.3 is 9.88 Å². The maximum Gasteiger partial charge on any atom is 0.247 e. The van der Waals surface area contributed by atoms with Gasteiger partial charge in [-0.25, -0.2) is 0 Å². The van der Waals surface area contributed by atoms with Crippen LogP contribution in [0.5, 0.6) is 0 Å². The van der Waals surface area contributed by atoms with Crippen molar-refractivity contribution in [3.63, 3.8) is 0 Å². The minimum absolute atomic E-state index is 0.00157. The van der Waals surface area contributed by atoms with E-state index in [9.17, 15) is 4.79 Å². The van der Waals surface area contributed by atoms with Gasteiger partial charge in [-0.3, -0.25) is 4.79 Å². The van der Waals surface area contributed by atoms with Crippen molar-refractivity contribution < 1.29 is 4.79 Å². The fraction of sp³-hybridized carbons (Fsp3) is 0.190. The standard InChI is InChI=1S/C21H22N2O/c1-16-10-11-19(14-17(16)2)22-21(24)20(23-12-6-7-13-23)15-18-8-4-3-5-9-18/h3-14,20H,15H2,1-2H3,(H,22,24)/t20-/m1/s1. The minimum Gasteiger partial charge on any atom is -0.342 e. The van der Waals surface area contributed by atoms with E-state index in [0.717, 1.165) is 11.3 Å². The van der Waals surface area contributed by atoms with Crippen LogP contribution in [0.1, 0.15) is 22.7 Å². The summed E-state index contributed by atoms with van der Waals surface area (Å²) in [6, 6.07) is 19.7. The summed E-state index contributed by atoms with van der Waals surface area (Å²) in [5, 5.41) is 3.06. The van der Waals surface area contributed by atoms with Crippen LogP contribution in [-0.4, -0.2) is 10.5 Å². The number of carbonyl (C=O) groups is 1. The lowest BCUT2D eigenvalue weighted by Crippen LogP contribution is -2.27. The second-order valence-electron chi connectivity index (χ2n) is 6.12. The van der Waals surface area contributed by atoms with Crippen molar-refractivity contribution in [2.45, 2.75) is 26.3 Å². The third-order valence-corrected chi connectivity index (χ3v) is 4.34. The van der Waals surface area contributed by atoms with Crippen LogP contribution in [0.2, 0.25) is 0 Å². The number of hydrogen-bond donors (Lipinski definition) is 1. The Morgan fingerprint density at radius 1 is 0.958 bits per heavy atom. The lowest BCUT2D eigenvalue weighted by Gasteiger charge is -2.19. The zero-order valence-corrected chi connectivity index (χ0v) is 14.1. The maximum atomic E-state index is 12.9. The molecule has 24 heavy (non-hydrogen) atoms. The van der Waals surface area contributed by atoms with E-state index < -0.39 is 0 Å². The number of rotatable bonds is 5. The van der Waals surface area contributed by atoms with Crippen molar-refractivity contribution in [1.82, 2.24) is 4.57 Å². The highest BCUT2D eigenvalue weighted by molar-refractivity contribution is 5.94. The molecule has 0 aliphatic rings. The van der Waals surface area contributed by atoms with Crippen LogP contribution in [0, 0.1) is 13.8 Å². The number of aromatic nitrogens is 1. The first-order valence-electron chi connectivity index (χ1n) is 8.18. The van der Waals surface area contributed by atoms with E-state index in [1.807, 2.05) is 65.5 Å². The number of carbonyl (C=O) groups excluding carboxylic acids is 1. The molecule has 3 heteroatoms. The van der Waals surface area contributed by atoms with Crippen LogP contribution in [0.15, 0.2) is 73.1 Å². The van der Waals surface area contributed by atoms with Crippen LogP contribution in [0.4, 0.5) is 5.69 Å². The van der Waals surface area contributed by atoms with Gasteiger partial charge in [-0.05, 0) is 54.8 Å². The molecule has 1 atom stereocenters. The number of hydrogen-bond acceptors (Lipinski definition) is 1. The van der Waals surface area contributed by atoms with E-state index in [-0.39, 0.29) is 11.9 Å². The largest absolute Gasteiger partial charge is 0.342 e. The van der Waals surface area contributed by atoms with Crippen molar-refractivity contribution >= 4 is 11.6 Å². The molecule has 0 fully saturated rings.